The van der Waals surface area contributed by atoms with Gasteiger partial charge in [0.2, 0.25) is 5.13 Å². The molecule has 7 heteroatoms. The van der Waals surface area contributed by atoms with E-state index >= 15 is 0 Å². The number of benzene rings is 1. The number of methoxy groups -OCH3 is 1. The van der Waals surface area contributed by atoms with Gasteiger partial charge < -0.3 is 10.1 Å². The molecule has 3 rings (SSSR count). The standard InChI is InChI=1S/C15H18N4O2S/c1-21-13-3-2-11(14(20)18-15-19-17-9-22-15)7-12(13)6-10-4-5-16-8-10/h2-3,7,9-10,16H,4-6,8H2,1H3,(H,18,19,20). The highest BCUT2D eigenvalue weighted by Gasteiger charge is 2.18. The van der Waals surface area contributed by atoms with Gasteiger partial charge in [-0.05, 0) is 55.6 Å². The van der Waals surface area contributed by atoms with Gasteiger partial charge in [0, 0.05) is 5.56 Å². The summed E-state index contributed by atoms with van der Waals surface area (Å²) >= 11 is 1.30. The third kappa shape index (κ3) is 3.42. The maximum atomic E-state index is 12.3. The van der Waals surface area contributed by atoms with E-state index in [-0.39, 0.29) is 5.91 Å². The third-order valence-corrected chi connectivity index (χ3v) is 4.40. The summed E-state index contributed by atoms with van der Waals surface area (Å²) in [5, 5.41) is 14.1. The van der Waals surface area contributed by atoms with Crippen LogP contribution in [0, 0.1) is 5.92 Å². The van der Waals surface area contributed by atoms with Crippen LogP contribution in [-0.4, -0.2) is 36.3 Å². The molecule has 1 aliphatic rings. The first-order chi connectivity index (χ1) is 10.8. The number of hydrogen-bond acceptors (Lipinski definition) is 6. The Bertz CT molecular complexity index is 639. The van der Waals surface area contributed by atoms with Gasteiger partial charge in [-0.3, -0.25) is 10.1 Å². The van der Waals surface area contributed by atoms with Crippen molar-refractivity contribution in [3.05, 3.63) is 34.8 Å². The van der Waals surface area contributed by atoms with E-state index in [0.29, 0.717) is 16.6 Å². The SMILES string of the molecule is COc1ccc(C(=O)Nc2nncs2)cc1CC1CCNC1. The molecular formula is C15H18N4O2S. The Morgan fingerprint density at radius 1 is 1.55 bits per heavy atom. The summed E-state index contributed by atoms with van der Waals surface area (Å²) in [6.45, 7) is 2.08. The van der Waals surface area contributed by atoms with E-state index in [2.05, 4.69) is 20.8 Å². The molecule has 1 unspecified atom stereocenters. The molecule has 22 heavy (non-hydrogen) atoms. The quantitative estimate of drug-likeness (QED) is 0.881. The van der Waals surface area contributed by atoms with Gasteiger partial charge in [0.1, 0.15) is 11.3 Å². The summed E-state index contributed by atoms with van der Waals surface area (Å²) in [4.78, 5) is 12.3. The van der Waals surface area contributed by atoms with Crippen molar-refractivity contribution in [1.82, 2.24) is 15.5 Å². The van der Waals surface area contributed by atoms with Gasteiger partial charge in [-0.15, -0.1) is 10.2 Å². The van der Waals surface area contributed by atoms with Gasteiger partial charge in [0.05, 0.1) is 7.11 Å². The fourth-order valence-electron chi connectivity index (χ4n) is 2.68. The lowest BCUT2D eigenvalue weighted by molar-refractivity contribution is 0.102. The first-order valence-corrected chi connectivity index (χ1v) is 8.09. The topological polar surface area (TPSA) is 76.1 Å². The van der Waals surface area contributed by atoms with E-state index < -0.39 is 0 Å². The zero-order valence-electron chi connectivity index (χ0n) is 12.3. The van der Waals surface area contributed by atoms with Gasteiger partial charge in [-0.25, -0.2) is 0 Å². The maximum absolute atomic E-state index is 12.3. The fourth-order valence-corrected chi connectivity index (χ4v) is 3.12. The van der Waals surface area contributed by atoms with Gasteiger partial charge >= 0.3 is 0 Å². The van der Waals surface area contributed by atoms with Crippen LogP contribution in [-0.2, 0) is 6.42 Å². The number of carbonyl (C=O) groups excluding carboxylic acids is 1. The van der Waals surface area contributed by atoms with E-state index in [1.54, 1.807) is 18.7 Å². The highest BCUT2D eigenvalue weighted by Crippen LogP contribution is 2.25. The van der Waals surface area contributed by atoms with Crippen molar-refractivity contribution >= 4 is 22.4 Å². The minimum atomic E-state index is -0.176. The minimum Gasteiger partial charge on any atom is -0.496 e. The second kappa shape index (κ2) is 6.85. The number of hydrogen-bond donors (Lipinski definition) is 2. The first kappa shape index (κ1) is 14.9. The average Bonchev–Trinajstić information content (AvgIpc) is 3.21. The number of nitrogens with one attached hydrogen (secondary N) is 2. The predicted molar refractivity (Wildman–Crippen MR) is 85.5 cm³/mol. The van der Waals surface area contributed by atoms with Crippen molar-refractivity contribution in [2.45, 2.75) is 12.8 Å². The van der Waals surface area contributed by atoms with Crippen LogP contribution in [0.5, 0.6) is 5.75 Å². The molecule has 2 heterocycles. The number of nitrogens with zero attached hydrogens (tertiary/aromatic N) is 2. The Kier molecular flexibility index (Phi) is 4.65. The molecule has 1 aromatic heterocycles. The summed E-state index contributed by atoms with van der Waals surface area (Å²) in [5.74, 6) is 1.25. The highest BCUT2D eigenvalue weighted by atomic mass is 32.1. The van der Waals surface area contributed by atoms with Gasteiger partial charge in [-0.1, -0.05) is 11.3 Å². The van der Waals surface area contributed by atoms with Gasteiger partial charge in [-0.2, -0.15) is 0 Å². The average molecular weight is 318 g/mol. The number of amides is 1. The smallest absolute Gasteiger partial charge is 0.257 e. The van der Waals surface area contributed by atoms with Crippen LogP contribution >= 0.6 is 11.3 Å². The van der Waals surface area contributed by atoms with Crippen LogP contribution in [0.25, 0.3) is 0 Å². The number of rotatable bonds is 5. The largest absolute Gasteiger partial charge is 0.496 e. The second-order valence-corrected chi connectivity index (χ2v) is 6.12. The molecule has 0 radical (unpaired) electrons. The number of anilines is 1. The Morgan fingerprint density at radius 3 is 3.14 bits per heavy atom. The van der Waals surface area contributed by atoms with Crippen LogP contribution in [0.1, 0.15) is 22.3 Å². The van der Waals surface area contributed by atoms with Crippen molar-refractivity contribution < 1.29 is 9.53 Å². The normalized spacial score (nSPS) is 17.4. The second-order valence-electron chi connectivity index (χ2n) is 5.29. The Balaban J connectivity index is 1.77. The van der Waals surface area contributed by atoms with Crippen LogP contribution in [0.4, 0.5) is 5.13 Å². The molecule has 1 fully saturated rings. The minimum absolute atomic E-state index is 0.176. The number of carbonyl (C=O) groups is 1. The Morgan fingerprint density at radius 2 is 2.45 bits per heavy atom. The van der Waals surface area contributed by atoms with Crippen molar-refractivity contribution in [2.75, 3.05) is 25.5 Å². The number of aromatic nitrogens is 2. The molecule has 1 atom stereocenters. The molecule has 0 bridgehead atoms. The van der Waals surface area contributed by atoms with Crippen LogP contribution in [0.2, 0.25) is 0 Å². The zero-order valence-corrected chi connectivity index (χ0v) is 13.2. The lowest BCUT2D eigenvalue weighted by Gasteiger charge is -2.13. The van der Waals surface area contributed by atoms with Crippen LogP contribution in [0.15, 0.2) is 23.7 Å². The highest BCUT2D eigenvalue weighted by molar-refractivity contribution is 7.13. The molecule has 0 saturated carbocycles. The van der Waals surface area contributed by atoms with Crippen LogP contribution in [0.3, 0.4) is 0 Å². The van der Waals surface area contributed by atoms with Crippen molar-refractivity contribution in [3.63, 3.8) is 0 Å². The lowest BCUT2D eigenvalue weighted by atomic mass is 9.96. The molecule has 1 amide bonds. The van der Waals surface area contributed by atoms with E-state index in [0.717, 1.165) is 37.2 Å². The zero-order chi connectivity index (χ0) is 15.4. The third-order valence-electron chi connectivity index (χ3n) is 3.79. The van der Waals surface area contributed by atoms with E-state index in [9.17, 15) is 4.79 Å². The van der Waals surface area contributed by atoms with Gasteiger partial charge in [0.15, 0.2) is 0 Å². The Labute approximate surface area is 132 Å². The molecular weight excluding hydrogens is 300 g/mol. The van der Waals surface area contributed by atoms with E-state index in [1.165, 1.54) is 11.3 Å². The fraction of sp³-hybridized carbons (Fsp3) is 0.400. The molecule has 116 valence electrons. The summed E-state index contributed by atoms with van der Waals surface area (Å²) in [7, 11) is 1.66. The van der Waals surface area contributed by atoms with E-state index in [1.807, 2.05) is 12.1 Å². The number of ether oxygens (including phenoxy) is 1. The van der Waals surface area contributed by atoms with Gasteiger partial charge in [0.25, 0.3) is 5.91 Å². The summed E-state index contributed by atoms with van der Waals surface area (Å²) in [6.07, 6.45) is 2.07. The monoisotopic (exact) mass is 318 g/mol. The molecule has 2 N–H and O–H groups in total. The lowest BCUT2D eigenvalue weighted by Crippen LogP contribution is -2.14. The Hall–Kier alpha value is -1.99. The van der Waals surface area contributed by atoms with Crippen molar-refractivity contribution in [3.8, 4) is 5.75 Å². The summed E-state index contributed by atoms with van der Waals surface area (Å²) in [6, 6.07) is 5.53. The van der Waals surface area contributed by atoms with E-state index in [4.69, 9.17) is 4.74 Å². The molecule has 0 spiro atoms. The van der Waals surface area contributed by atoms with Crippen molar-refractivity contribution in [2.24, 2.45) is 5.92 Å². The van der Waals surface area contributed by atoms with Crippen LogP contribution < -0.4 is 15.4 Å². The molecule has 6 nitrogen and oxygen atoms in total. The summed E-state index contributed by atoms with van der Waals surface area (Å²) in [5.41, 5.74) is 3.26. The molecule has 1 saturated heterocycles. The first-order valence-electron chi connectivity index (χ1n) is 7.21. The maximum Gasteiger partial charge on any atom is 0.257 e. The molecule has 1 aliphatic heterocycles. The molecule has 0 aliphatic carbocycles. The van der Waals surface area contributed by atoms with Crippen molar-refractivity contribution in [1.29, 1.82) is 0 Å². The summed E-state index contributed by atoms with van der Waals surface area (Å²) < 4.78 is 5.42. The molecule has 2 aromatic rings. The molecule has 1 aromatic carbocycles. The predicted octanol–water partition coefficient (Wildman–Crippen LogP) is 1.95.